The Balaban J connectivity index is 2.27. The first-order chi connectivity index (χ1) is 9.71. The molecular formula is C17H27NO2S. The van der Waals surface area contributed by atoms with Crippen molar-refractivity contribution in [2.24, 2.45) is 11.3 Å². The van der Waals surface area contributed by atoms with Gasteiger partial charge in [0.15, 0.2) is 0 Å². The normalized spacial score (nSPS) is 22.0. The largest absolute Gasteiger partial charge is 0.243 e. The average Bonchev–Trinajstić information content (AvgIpc) is 2.65. The molecule has 0 spiro atoms. The first-order valence-electron chi connectivity index (χ1n) is 7.78. The molecule has 1 fully saturated rings. The standard InChI is InChI=1S/C17H27NO2S/c1-14-8-10-16(11-9-14)21(19,20)18-12-6-5-7-15(13-18)17(2,3)4/h8-11,15H,5-7,12-13H2,1-4H3. The zero-order valence-electron chi connectivity index (χ0n) is 13.6. The van der Waals surface area contributed by atoms with Crippen molar-refractivity contribution in [1.82, 2.24) is 4.31 Å². The summed E-state index contributed by atoms with van der Waals surface area (Å²) < 4.78 is 27.4. The first-order valence-corrected chi connectivity index (χ1v) is 9.22. The van der Waals surface area contributed by atoms with Crippen LogP contribution in [0.4, 0.5) is 0 Å². The molecule has 0 amide bonds. The van der Waals surface area contributed by atoms with Gasteiger partial charge in [-0.1, -0.05) is 44.9 Å². The molecule has 3 nitrogen and oxygen atoms in total. The zero-order chi connectivity index (χ0) is 15.7. The third-order valence-electron chi connectivity index (χ3n) is 4.52. The van der Waals surface area contributed by atoms with E-state index < -0.39 is 10.0 Å². The second kappa shape index (κ2) is 6.09. The highest BCUT2D eigenvalue weighted by Crippen LogP contribution is 2.34. The van der Waals surface area contributed by atoms with Gasteiger partial charge in [0, 0.05) is 13.1 Å². The molecule has 118 valence electrons. The summed E-state index contributed by atoms with van der Waals surface area (Å²) in [5.74, 6) is 0.417. The number of hydrogen-bond acceptors (Lipinski definition) is 2. The molecule has 0 aliphatic carbocycles. The number of hydrogen-bond donors (Lipinski definition) is 0. The molecule has 0 saturated carbocycles. The smallest absolute Gasteiger partial charge is 0.207 e. The van der Waals surface area contributed by atoms with Crippen molar-refractivity contribution in [3.63, 3.8) is 0 Å². The molecule has 0 N–H and O–H groups in total. The van der Waals surface area contributed by atoms with Gasteiger partial charge >= 0.3 is 0 Å². The molecule has 0 aromatic heterocycles. The van der Waals surface area contributed by atoms with Crippen molar-refractivity contribution in [2.75, 3.05) is 13.1 Å². The summed E-state index contributed by atoms with van der Waals surface area (Å²) in [4.78, 5) is 0.419. The first kappa shape index (κ1) is 16.5. The molecule has 1 atom stereocenters. The van der Waals surface area contributed by atoms with Crippen LogP contribution in [0.3, 0.4) is 0 Å². The summed E-state index contributed by atoms with van der Waals surface area (Å²) >= 11 is 0. The van der Waals surface area contributed by atoms with Crippen molar-refractivity contribution < 1.29 is 8.42 Å². The summed E-state index contributed by atoms with van der Waals surface area (Å²) in [5.41, 5.74) is 1.23. The second-order valence-corrected chi connectivity index (χ2v) is 9.17. The predicted molar refractivity (Wildman–Crippen MR) is 86.7 cm³/mol. The molecular weight excluding hydrogens is 282 g/mol. The van der Waals surface area contributed by atoms with E-state index in [0.29, 0.717) is 23.9 Å². The molecule has 1 aromatic rings. The number of sulfonamides is 1. The Morgan fingerprint density at radius 2 is 1.71 bits per heavy atom. The van der Waals surface area contributed by atoms with E-state index in [1.54, 1.807) is 16.4 Å². The van der Waals surface area contributed by atoms with E-state index in [4.69, 9.17) is 0 Å². The van der Waals surface area contributed by atoms with E-state index in [0.717, 1.165) is 24.8 Å². The van der Waals surface area contributed by atoms with Gasteiger partial charge in [0.25, 0.3) is 0 Å². The van der Waals surface area contributed by atoms with Crippen molar-refractivity contribution in [3.8, 4) is 0 Å². The number of aryl methyl sites for hydroxylation is 1. The Hall–Kier alpha value is -0.870. The Bertz CT molecular complexity index is 570. The highest BCUT2D eigenvalue weighted by Gasteiger charge is 2.33. The minimum Gasteiger partial charge on any atom is -0.207 e. The topological polar surface area (TPSA) is 37.4 Å². The van der Waals surface area contributed by atoms with Crippen LogP contribution in [-0.4, -0.2) is 25.8 Å². The van der Waals surface area contributed by atoms with Gasteiger partial charge in [0.05, 0.1) is 4.90 Å². The van der Waals surface area contributed by atoms with E-state index in [-0.39, 0.29) is 5.41 Å². The Labute approximate surface area is 129 Å². The number of nitrogens with zero attached hydrogens (tertiary/aromatic N) is 1. The lowest BCUT2D eigenvalue weighted by atomic mass is 9.78. The molecule has 1 unspecified atom stereocenters. The average molecular weight is 309 g/mol. The lowest BCUT2D eigenvalue weighted by molar-refractivity contribution is 0.201. The summed E-state index contributed by atoms with van der Waals surface area (Å²) in [6.45, 7) is 9.87. The van der Waals surface area contributed by atoms with Crippen LogP contribution >= 0.6 is 0 Å². The summed E-state index contributed by atoms with van der Waals surface area (Å²) in [5, 5.41) is 0. The van der Waals surface area contributed by atoms with Crippen LogP contribution in [0.25, 0.3) is 0 Å². The number of benzene rings is 1. The van der Waals surface area contributed by atoms with Crippen molar-refractivity contribution in [3.05, 3.63) is 29.8 Å². The van der Waals surface area contributed by atoms with Crippen molar-refractivity contribution in [2.45, 2.75) is 51.9 Å². The third kappa shape index (κ3) is 3.86. The monoisotopic (exact) mass is 309 g/mol. The molecule has 0 radical (unpaired) electrons. The van der Waals surface area contributed by atoms with Crippen LogP contribution in [0.15, 0.2) is 29.2 Å². The molecule has 1 aliphatic rings. The summed E-state index contributed by atoms with van der Waals surface area (Å²) in [6.07, 6.45) is 3.18. The quantitative estimate of drug-likeness (QED) is 0.832. The molecule has 21 heavy (non-hydrogen) atoms. The van der Waals surface area contributed by atoms with Crippen LogP contribution in [0, 0.1) is 18.3 Å². The van der Waals surface area contributed by atoms with Gasteiger partial charge in [0.1, 0.15) is 0 Å². The fourth-order valence-electron chi connectivity index (χ4n) is 2.89. The van der Waals surface area contributed by atoms with Crippen LogP contribution < -0.4 is 0 Å². The Morgan fingerprint density at radius 3 is 2.29 bits per heavy atom. The highest BCUT2D eigenvalue weighted by molar-refractivity contribution is 7.89. The molecule has 1 aromatic carbocycles. The van der Waals surface area contributed by atoms with Crippen LogP contribution in [-0.2, 0) is 10.0 Å². The molecule has 2 rings (SSSR count). The molecule has 1 heterocycles. The van der Waals surface area contributed by atoms with Crippen LogP contribution in [0.1, 0.15) is 45.6 Å². The minimum atomic E-state index is -3.36. The van der Waals surface area contributed by atoms with E-state index >= 15 is 0 Å². The SMILES string of the molecule is Cc1ccc(S(=O)(=O)N2CCCCC(C(C)(C)C)C2)cc1. The maximum absolute atomic E-state index is 12.8. The summed E-state index contributed by atoms with van der Waals surface area (Å²) in [6, 6.07) is 7.18. The van der Waals surface area contributed by atoms with Crippen LogP contribution in [0.2, 0.25) is 0 Å². The van der Waals surface area contributed by atoms with Gasteiger partial charge in [-0.3, -0.25) is 0 Å². The predicted octanol–water partition coefficient (Wildman–Crippen LogP) is 3.83. The lowest BCUT2D eigenvalue weighted by Crippen LogP contribution is -2.38. The number of rotatable bonds is 2. The minimum absolute atomic E-state index is 0.144. The van der Waals surface area contributed by atoms with Gasteiger partial charge in [-0.2, -0.15) is 4.31 Å². The van der Waals surface area contributed by atoms with Gasteiger partial charge in [-0.15, -0.1) is 0 Å². The summed E-state index contributed by atoms with van der Waals surface area (Å²) in [7, 11) is -3.36. The molecule has 4 heteroatoms. The Kier molecular flexibility index (Phi) is 4.79. The second-order valence-electron chi connectivity index (χ2n) is 7.23. The van der Waals surface area contributed by atoms with E-state index in [1.807, 2.05) is 19.1 Å². The zero-order valence-corrected chi connectivity index (χ0v) is 14.4. The van der Waals surface area contributed by atoms with Gasteiger partial charge in [-0.25, -0.2) is 8.42 Å². The van der Waals surface area contributed by atoms with Gasteiger partial charge < -0.3 is 0 Å². The molecule has 1 aliphatic heterocycles. The van der Waals surface area contributed by atoms with Crippen molar-refractivity contribution in [1.29, 1.82) is 0 Å². The van der Waals surface area contributed by atoms with Crippen LogP contribution in [0.5, 0.6) is 0 Å². The fourth-order valence-corrected chi connectivity index (χ4v) is 4.42. The lowest BCUT2D eigenvalue weighted by Gasteiger charge is -2.33. The molecule has 1 saturated heterocycles. The Morgan fingerprint density at radius 1 is 1.10 bits per heavy atom. The maximum Gasteiger partial charge on any atom is 0.243 e. The maximum atomic E-state index is 12.8. The van der Waals surface area contributed by atoms with E-state index in [2.05, 4.69) is 20.8 Å². The highest BCUT2D eigenvalue weighted by atomic mass is 32.2. The van der Waals surface area contributed by atoms with Gasteiger partial charge in [0.2, 0.25) is 10.0 Å². The molecule has 0 bridgehead atoms. The van der Waals surface area contributed by atoms with Crippen molar-refractivity contribution >= 4 is 10.0 Å². The third-order valence-corrected chi connectivity index (χ3v) is 6.40. The van der Waals surface area contributed by atoms with E-state index in [1.165, 1.54) is 0 Å². The van der Waals surface area contributed by atoms with E-state index in [9.17, 15) is 8.42 Å². The fraction of sp³-hybridized carbons (Fsp3) is 0.647. The van der Waals surface area contributed by atoms with Gasteiger partial charge in [-0.05, 0) is 43.2 Å².